The van der Waals surface area contributed by atoms with Crippen LogP contribution in [0.3, 0.4) is 0 Å². The summed E-state index contributed by atoms with van der Waals surface area (Å²) in [5.41, 5.74) is 5.37. The summed E-state index contributed by atoms with van der Waals surface area (Å²) in [5.74, 6) is -0.170. The molecule has 3 aromatic carbocycles. The van der Waals surface area contributed by atoms with E-state index in [4.69, 9.17) is 4.74 Å². The third-order valence-corrected chi connectivity index (χ3v) is 6.10. The summed E-state index contributed by atoms with van der Waals surface area (Å²) < 4.78 is 4.87. The van der Waals surface area contributed by atoms with E-state index in [1.54, 1.807) is 6.07 Å². The second kappa shape index (κ2) is 13.3. The topological polar surface area (TPSA) is 58.6 Å². The largest absolute Gasteiger partial charge is 0.465 e. The monoisotopic (exact) mass is 472 g/mol. The molecule has 0 aliphatic rings. The zero-order valence-corrected chi connectivity index (χ0v) is 21.0. The number of anilines is 2. The van der Waals surface area contributed by atoms with Crippen LogP contribution in [0.25, 0.3) is 11.1 Å². The summed E-state index contributed by atoms with van der Waals surface area (Å²) in [6, 6.07) is 23.7. The van der Waals surface area contributed by atoms with Crippen LogP contribution in [0.15, 0.2) is 72.8 Å². The van der Waals surface area contributed by atoms with Crippen molar-refractivity contribution in [2.24, 2.45) is 0 Å². The molecule has 35 heavy (non-hydrogen) atoms. The van der Waals surface area contributed by atoms with Gasteiger partial charge in [0.2, 0.25) is 5.91 Å². The lowest BCUT2D eigenvalue weighted by molar-refractivity contribution is -0.130. The van der Waals surface area contributed by atoms with Crippen LogP contribution < -0.4 is 5.32 Å². The molecule has 0 aliphatic carbocycles. The van der Waals surface area contributed by atoms with Gasteiger partial charge in [0.25, 0.3) is 0 Å². The minimum atomic E-state index is -0.374. The number of unbranched alkanes of at least 4 members (excludes halogenated alkanes) is 4. The highest BCUT2D eigenvalue weighted by molar-refractivity contribution is 5.96. The highest BCUT2D eigenvalue weighted by Crippen LogP contribution is 2.26. The van der Waals surface area contributed by atoms with Crippen molar-refractivity contribution in [2.75, 3.05) is 19.5 Å². The van der Waals surface area contributed by atoms with E-state index in [0.29, 0.717) is 24.2 Å². The predicted molar refractivity (Wildman–Crippen MR) is 143 cm³/mol. The van der Waals surface area contributed by atoms with E-state index < -0.39 is 0 Å². The van der Waals surface area contributed by atoms with Gasteiger partial charge in [-0.2, -0.15) is 0 Å². The minimum absolute atomic E-state index is 0.203. The first kappa shape index (κ1) is 26.0. The Balaban J connectivity index is 1.62. The van der Waals surface area contributed by atoms with Crippen LogP contribution in [0, 0.1) is 0 Å². The van der Waals surface area contributed by atoms with Gasteiger partial charge in [0.1, 0.15) is 0 Å². The highest BCUT2D eigenvalue weighted by Gasteiger charge is 2.12. The summed E-state index contributed by atoms with van der Waals surface area (Å²) in [6.45, 7) is 2.80. The quantitative estimate of drug-likeness (QED) is 0.224. The van der Waals surface area contributed by atoms with Gasteiger partial charge in [0.15, 0.2) is 0 Å². The highest BCUT2D eigenvalue weighted by atomic mass is 16.5. The Morgan fingerprint density at radius 2 is 1.60 bits per heavy atom. The van der Waals surface area contributed by atoms with Crippen LogP contribution >= 0.6 is 0 Å². The normalized spacial score (nSPS) is 10.6. The number of ether oxygens (including phenoxy) is 1. The smallest absolute Gasteiger partial charge is 0.339 e. The molecule has 0 fully saturated rings. The van der Waals surface area contributed by atoms with Crippen molar-refractivity contribution in [2.45, 2.75) is 52.0 Å². The number of benzene rings is 3. The number of carbonyl (C=O) groups is 2. The van der Waals surface area contributed by atoms with Crippen molar-refractivity contribution < 1.29 is 14.3 Å². The van der Waals surface area contributed by atoms with Crippen molar-refractivity contribution in [3.05, 3.63) is 83.9 Å². The van der Waals surface area contributed by atoms with Gasteiger partial charge < -0.3 is 15.0 Å². The molecule has 0 radical (unpaired) electrons. The molecule has 0 bridgehead atoms. The van der Waals surface area contributed by atoms with Gasteiger partial charge in [0, 0.05) is 25.7 Å². The maximum atomic E-state index is 12.5. The van der Waals surface area contributed by atoms with E-state index in [1.807, 2.05) is 60.5 Å². The summed E-state index contributed by atoms with van der Waals surface area (Å²) in [6.07, 6.45) is 6.38. The molecule has 3 aromatic rings. The molecular formula is C30H36N2O3. The number of esters is 1. The van der Waals surface area contributed by atoms with Crippen LogP contribution in [0.5, 0.6) is 0 Å². The van der Waals surface area contributed by atoms with Crippen molar-refractivity contribution >= 4 is 23.3 Å². The van der Waals surface area contributed by atoms with Gasteiger partial charge in [-0.15, -0.1) is 0 Å². The van der Waals surface area contributed by atoms with Gasteiger partial charge in [0.05, 0.1) is 18.4 Å². The number of nitrogens with one attached hydrogen (secondary N) is 1. The molecule has 184 valence electrons. The van der Waals surface area contributed by atoms with Crippen molar-refractivity contribution in [3.63, 3.8) is 0 Å². The lowest BCUT2D eigenvalue weighted by Gasteiger charge is -2.18. The molecule has 1 N–H and O–H groups in total. The maximum absolute atomic E-state index is 12.5. The average Bonchev–Trinajstić information content (AvgIpc) is 2.89. The fourth-order valence-electron chi connectivity index (χ4n) is 4.06. The van der Waals surface area contributed by atoms with Crippen molar-refractivity contribution in [1.82, 2.24) is 4.90 Å². The van der Waals surface area contributed by atoms with Gasteiger partial charge in [-0.25, -0.2) is 4.79 Å². The molecule has 0 aliphatic heterocycles. The molecule has 0 unspecified atom stereocenters. The third-order valence-electron chi connectivity index (χ3n) is 6.10. The molecule has 1 amide bonds. The Kier molecular flexibility index (Phi) is 9.91. The average molecular weight is 473 g/mol. The molecule has 0 saturated carbocycles. The second-order valence-electron chi connectivity index (χ2n) is 8.85. The predicted octanol–water partition coefficient (Wildman–Crippen LogP) is 7.20. The van der Waals surface area contributed by atoms with Crippen molar-refractivity contribution in [3.8, 4) is 11.1 Å². The standard InChI is InChI=1S/C30H36N2O3/c1-4-5-6-7-8-16-29(33)32(2)22-23-12-11-13-25(21-23)24-17-19-26(20-18-24)31-28-15-10-9-14-27(28)30(34)35-3/h9-15,17-21,31H,4-8,16,22H2,1-3H3. The number of hydrogen-bond acceptors (Lipinski definition) is 4. The number of amides is 1. The summed E-state index contributed by atoms with van der Waals surface area (Å²) in [7, 11) is 3.26. The van der Waals surface area contributed by atoms with E-state index in [1.165, 1.54) is 26.4 Å². The Labute approximate surface area is 209 Å². The number of nitrogens with zero attached hydrogens (tertiary/aromatic N) is 1. The third kappa shape index (κ3) is 7.71. The Morgan fingerprint density at radius 3 is 2.34 bits per heavy atom. The number of hydrogen-bond donors (Lipinski definition) is 1. The Morgan fingerprint density at radius 1 is 0.857 bits per heavy atom. The molecule has 0 atom stereocenters. The van der Waals surface area contributed by atoms with E-state index in [0.717, 1.165) is 35.2 Å². The first-order valence-electron chi connectivity index (χ1n) is 12.4. The summed E-state index contributed by atoms with van der Waals surface area (Å²) >= 11 is 0. The zero-order chi connectivity index (χ0) is 25.0. The molecule has 3 rings (SSSR count). The van der Waals surface area contributed by atoms with Crippen LogP contribution in [-0.2, 0) is 16.1 Å². The lowest BCUT2D eigenvalue weighted by atomic mass is 10.0. The van der Waals surface area contributed by atoms with Gasteiger partial charge >= 0.3 is 5.97 Å². The number of para-hydroxylation sites is 1. The first-order valence-corrected chi connectivity index (χ1v) is 12.4. The number of rotatable bonds is 12. The van der Waals surface area contributed by atoms with Crippen LogP contribution in [0.4, 0.5) is 11.4 Å². The fraction of sp³-hybridized carbons (Fsp3) is 0.333. The van der Waals surface area contributed by atoms with E-state index in [2.05, 4.69) is 30.4 Å². The molecule has 0 heterocycles. The molecule has 5 nitrogen and oxygen atoms in total. The molecule has 5 heteroatoms. The summed E-state index contributed by atoms with van der Waals surface area (Å²) in [5, 5.41) is 3.30. The van der Waals surface area contributed by atoms with Gasteiger partial charge in [-0.05, 0) is 53.4 Å². The van der Waals surface area contributed by atoms with E-state index in [9.17, 15) is 9.59 Å². The van der Waals surface area contributed by atoms with E-state index >= 15 is 0 Å². The van der Waals surface area contributed by atoms with Crippen LogP contribution in [0.1, 0.15) is 61.4 Å². The van der Waals surface area contributed by atoms with Gasteiger partial charge in [-0.3, -0.25) is 4.79 Å². The second-order valence-corrected chi connectivity index (χ2v) is 8.85. The Bertz CT molecular complexity index is 1110. The van der Waals surface area contributed by atoms with Crippen LogP contribution in [-0.4, -0.2) is 30.9 Å². The lowest BCUT2D eigenvalue weighted by Crippen LogP contribution is -2.25. The SMILES string of the molecule is CCCCCCCC(=O)N(C)Cc1cccc(-c2ccc(Nc3ccccc3C(=O)OC)cc2)c1. The number of methoxy groups -OCH3 is 1. The molecular weight excluding hydrogens is 436 g/mol. The molecule has 0 aromatic heterocycles. The Hall–Kier alpha value is -3.60. The first-order chi connectivity index (χ1) is 17.0. The summed E-state index contributed by atoms with van der Waals surface area (Å²) in [4.78, 5) is 26.3. The minimum Gasteiger partial charge on any atom is -0.465 e. The van der Waals surface area contributed by atoms with Gasteiger partial charge in [-0.1, -0.05) is 75.1 Å². The van der Waals surface area contributed by atoms with E-state index in [-0.39, 0.29) is 11.9 Å². The van der Waals surface area contributed by atoms with Crippen molar-refractivity contribution in [1.29, 1.82) is 0 Å². The molecule has 0 spiro atoms. The van der Waals surface area contributed by atoms with Crippen LogP contribution in [0.2, 0.25) is 0 Å². The maximum Gasteiger partial charge on any atom is 0.339 e. The fourth-order valence-corrected chi connectivity index (χ4v) is 4.06. The zero-order valence-electron chi connectivity index (χ0n) is 21.0. The molecule has 0 saturated heterocycles. The number of carbonyl (C=O) groups excluding carboxylic acids is 2.